The van der Waals surface area contributed by atoms with Crippen LogP contribution in [0.25, 0.3) is 16.6 Å². The Hall–Kier alpha value is -3.35. The van der Waals surface area contributed by atoms with E-state index in [1.54, 1.807) is 11.1 Å². The first-order valence-corrected chi connectivity index (χ1v) is 10.1. The minimum atomic E-state index is 0.168. The van der Waals surface area contributed by atoms with Gasteiger partial charge in [0, 0.05) is 25.0 Å². The number of imidazole rings is 1. The number of aromatic amines is 1. The average molecular weight is 388 g/mol. The molecule has 0 bridgehead atoms. The first kappa shape index (κ1) is 17.7. The topological polar surface area (TPSA) is 92.1 Å². The molecule has 7 nitrogen and oxygen atoms in total. The van der Waals surface area contributed by atoms with Gasteiger partial charge in [-0.05, 0) is 49.6 Å². The summed E-state index contributed by atoms with van der Waals surface area (Å²) in [5, 5.41) is 19.1. The van der Waals surface area contributed by atoms with Crippen molar-refractivity contribution in [3.05, 3.63) is 59.9 Å². The van der Waals surface area contributed by atoms with Gasteiger partial charge in [0.2, 0.25) is 0 Å². The number of pyridine rings is 1. The number of benzene rings is 1. The average Bonchev–Trinajstić information content (AvgIpc) is 3.28. The highest BCUT2D eigenvalue weighted by molar-refractivity contribution is 6.23. The van der Waals surface area contributed by atoms with Crippen LogP contribution in [0.1, 0.15) is 30.8 Å². The maximum atomic E-state index is 10.6. The summed E-state index contributed by atoms with van der Waals surface area (Å²) in [5.41, 5.74) is 4.30. The van der Waals surface area contributed by atoms with Crippen molar-refractivity contribution >= 4 is 28.1 Å². The predicted molar refractivity (Wildman–Crippen MR) is 114 cm³/mol. The molecule has 5 rings (SSSR count). The molecule has 29 heavy (non-hydrogen) atoms. The van der Waals surface area contributed by atoms with Crippen molar-refractivity contribution in [2.45, 2.75) is 25.8 Å². The lowest BCUT2D eigenvalue weighted by Crippen LogP contribution is -2.29. The molecule has 1 saturated heterocycles. The van der Waals surface area contributed by atoms with E-state index in [0.29, 0.717) is 24.5 Å². The van der Waals surface area contributed by atoms with Crippen LogP contribution in [0.4, 0.5) is 5.69 Å². The molecule has 7 heteroatoms. The summed E-state index contributed by atoms with van der Waals surface area (Å²) in [7, 11) is 0. The normalized spacial score (nSPS) is 17.6. The van der Waals surface area contributed by atoms with E-state index < -0.39 is 0 Å². The molecule has 2 aromatic heterocycles. The van der Waals surface area contributed by atoms with Crippen LogP contribution in [-0.4, -0.2) is 50.4 Å². The zero-order valence-electron chi connectivity index (χ0n) is 16.2. The van der Waals surface area contributed by atoms with Crippen molar-refractivity contribution in [3.8, 4) is 0 Å². The number of nitrogens with one attached hydrogen (secondary N) is 2. The fourth-order valence-electron chi connectivity index (χ4n) is 4.17. The van der Waals surface area contributed by atoms with E-state index in [9.17, 15) is 5.11 Å². The van der Waals surface area contributed by atoms with Gasteiger partial charge < -0.3 is 19.9 Å². The number of amidine groups is 1. The minimum Gasteiger partial charge on any atom is -0.510 e. The van der Waals surface area contributed by atoms with E-state index in [1.807, 2.05) is 24.3 Å². The molecule has 2 aliphatic rings. The SMILES string of the molecule is N=C1C(c2nc3ccc(N4CCCCC4)cc3[nH]2)=C(O)CN1Cc1ccccn1. The van der Waals surface area contributed by atoms with Gasteiger partial charge in [-0.1, -0.05) is 6.07 Å². The molecule has 4 heterocycles. The maximum Gasteiger partial charge on any atom is 0.145 e. The molecule has 3 N–H and O–H groups in total. The number of nitrogens with zero attached hydrogens (tertiary/aromatic N) is 4. The van der Waals surface area contributed by atoms with E-state index in [-0.39, 0.29) is 11.6 Å². The second-order valence-corrected chi connectivity index (χ2v) is 7.68. The van der Waals surface area contributed by atoms with Gasteiger partial charge in [0.15, 0.2) is 0 Å². The molecule has 148 valence electrons. The quantitative estimate of drug-likeness (QED) is 0.634. The van der Waals surface area contributed by atoms with Gasteiger partial charge in [-0.25, -0.2) is 4.98 Å². The Kier molecular flexibility index (Phi) is 4.42. The van der Waals surface area contributed by atoms with Crippen LogP contribution in [-0.2, 0) is 6.54 Å². The van der Waals surface area contributed by atoms with Gasteiger partial charge in [-0.3, -0.25) is 10.4 Å². The van der Waals surface area contributed by atoms with Crippen molar-refractivity contribution in [3.63, 3.8) is 0 Å². The summed E-state index contributed by atoms with van der Waals surface area (Å²) in [5.74, 6) is 0.978. The van der Waals surface area contributed by atoms with Crippen LogP contribution in [0, 0.1) is 5.41 Å². The number of piperidine rings is 1. The first-order valence-electron chi connectivity index (χ1n) is 10.1. The Morgan fingerprint density at radius 3 is 2.76 bits per heavy atom. The summed E-state index contributed by atoms with van der Waals surface area (Å²) >= 11 is 0. The highest BCUT2D eigenvalue weighted by Gasteiger charge is 2.30. The van der Waals surface area contributed by atoms with Gasteiger partial charge in [-0.2, -0.15) is 0 Å². The number of aliphatic hydroxyl groups is 1. The number of H-pyrrole nitrogens is 1. The molecule has 1 aromatic carbocycles. The summed E-state index contributed by atoms with van der Waals surface area (Å²) in [6.45, 7) is 2.95. The Morgan fingerprint density at radius 2 is 1.97 bits per heavy atom. The monoisotopic (exact) mass is 388 g/mol. The molecule has 0 atom stereocenters. The largest absolute Gasteiger partial charge is 0.510 e. The number of hydrogen-bond acceptors (Lipinski definition) is 5. The third-order valence-electron chi connectivity index (χ3n) is 5.68. The zero-order valence-corrected chi connectivity index (χ0v) is 16.2. The Bertz CT molecular complexity index is 1080. The smallest absolute Gasteiger partial charge is 0.145 e. The van der Waals surface area contributed by atoms with Crippen molar-refractivity contribution in [1.29, 1.82) is 5.41 Å². The van der Waals surface area contributed by atoms with Crippen LogP contribution >= 0.6 is 0 Å². The van der Waals surface area contributed by atoms with Crippen LogP contribution in [0.15, 0.2) is 48.4 Å². The maximum absolute atomic E-state index is 10.6. The molecule has 0 unspecified atom stereocenters. The molecule has 0 aliphatic carbocycles. The Morgan fingerprint density at radius 1 is 1.10 bits per heavy atom. The third kappa shape index (κ3) is 3.33. The number of aliphatic hydroxyl groups excluding tert-OH is 1. The lowest BCUT2D eigenvalue weighted by Gasteiger charge is -2.28. The molecule has 0 amide bonds. The highest BCUT2D eigenvalue weighted by Crippen LogP contribution is 2.30. The lowest BCUT2D eigenvalue weighted by molar-refractivity contribution is 0.345. The summed E-state index contributed by atoms with van der Waals surface area (Å²) in [6, 6.07) is 12.0. The zero-order chi connectivity index (χ0) is 19.8. The number of hydrogen-bond donors (Lipinski definition) is 3. The van der Waals surface area contributed by atoms with Crippen molar-refractivity contribution in [2.75, 3.05) is 24.5 Å². The molecule has 2 aliphatic heterocycles. The van der Waals surface area contributed by atoms with Gasteiger partial charge >= 0.3 is 0 Å². The standard InChI is InChI=1S/C22H24N6O/c23-21-20(19(29)14-28(21)13-15-6-2-3-9-24-15)22-25-17-8-7-16(12-18(17)26-22)27-10-4-1-5-11-27/h2-3,6-9,12,23,29H,1,4-5,10-11,13-14H2,(H,25,26). The third-order valence-corrected chi connectivity index (χ3v) is 5.68. The summed E-state index contributed by atoms with van der Waals surface area (Å²) in [6.07, 6.45) is 5.51. The number of aromatic nitrogens is 3. The molecule has 3 aromatic rings. The van der Waals surface area contributed by atoms with Gasteiger partial charge in [0.1, 0.15) is 17.4 Å². The van der Waals surface area contributed by atoms with Crippen LogP contribution in [0.2, 0.25) is 0 Å². The summed E-state index contributed by atoms with van der Waals surface area (Å²) < 4.78 is 0. The first-order chi connectivity index (χ1) is 14.2. The molecular weight excluding hydrogens is 364 g/mol. The van der Waals surface area contributed by atoms with E-state index in [2.05, 4.69) is 32.0 Å². The Labute approximate surface area is 169 Å². The minimum absolute atomic E-state index is 0.168. The van der Waals surface area contributed by atoms with Crippen LogP contribution in [0.5, 0.6) is 0 Å². The van der Waals surface area contributed by atoms with E-state index >= 15 is 0 Å². The number of fused-ring (bicyclic) bond motifs is 1. The lowest BCUT2D eigenvalue weighted by atomic mass is 10.1. The second kappa shape index (κ2) is 7.24. The van der Waals surface area contributed by atoms with E-state index in [0.717, 1.165) is 29.8 Å². The van der Waals surface area contributed by atoms with Crippen LogP contribution < -0.4 is 4.90 Å². The van der Waals surface area contributed by atoms with Gasteiger partial charge in [0.05, 0.1) is 35.4 Å². The van der Waals surface area contributed by atoms with Crippen molar-refractivity contribution in [1.82, 2.24) is 19.9 Å². The fraction of sp³-hybridized carbons (Fsp3) is 0.318. The molecule has 0 spiro atoms. The molecule has 0 radical (unpaired) electrons. The van der Waals surface area contributed by atoms with E-state index in [4.69, 9.17) is 5.41 Å². The second-order valence-electron chi connectivity index (χ2n) is 7.68. The Balaban J connectivity index is 1.41. The summed E-state index contributed by atoms with van der Waals surface area (Å²) in [4.78, 5) is 16.5. The fourth-order valence-corrected chi connectivity index (χ4v) is 4.17. The predicted octanol–water partition coefficient (Wildman–Crippen LogP) is 3.71. The molecule has 0 saturated carbocycles. The number of anilines is 1. The van der Waals surface area contributed by atoms with Gasteiger partial charge in [0.25, 0.3) is 0 Å². The molecule has 1 fully saturated rings. The van der Waals surface area contributed by atoms with Crippen LogP contribution in [0.3, 0.4) is 0 Å². The number of rotatable bonds is 4. The highest BCUT2D eigenvalue weighted by atomic mass is 16.3. The van der Waals surface area contributed by atoms with Crippen molar-refractivity contribution < 1.29 is 5.11 Å². The van der Waals surface area contributed by atoms with Gasteiger partial charge in [-0.15, -0.1) is 0 Å². The van der Waals surface area contributed by atoms with Crippen molar-refractivity contribution in [2.24, 2.45) is 0 Å². The molecular formula is C22H24N6O. The van der Waals surface area contributed by atoms with E-state index in [1.165, 1.54) is 24.9 Å².